The van der Waals surface area contributed by atoms with Gasteiger partial charge in [0.25, 0.3) is 5.91 Å². The van der Waals surface area contributed by atoms with Gasteiger partial charge in [0.15, 0.2) is 5.65 Å². The number of aliphatic hydroxyl groups is 1. The molecule has 1 N–H and O–H groups in total. The number of carbonyl (C=O) groups is 1. The van der Waals surface area contributed by atoms with Crippen LogP contribution in [-0.2, 0) is 0 Å². The van der Waals surface area contributed by atoms with Crippen molar-refractivity contribution in [1.29, 1.82) is 0 Å². The summed E-state index contributed by atoms with van der Waals surface area (Å²) in [6.07, 6.45) is 1.16. The van der Waals surface area contributed by atoms with E-state index in [0.29, 0.717) is 30.0 Å². The lowest BCUT2D eigenvalue weighted by molar-refractivity contribution is 0.0474. The monoisotopic (exact) mass is 384 g/mol. The Balaban J connectivity index is 1.53. The van der Waals surface area contributed by atoms with Crippen LogP contribution in [0.15, 0.2) is 23.6 Å². The number of hydrogen-bond acceptors (Lipinski definition) is 5. The Bertz CT molecular complexity index is 972. The standard InChI is InChI=1S/C20H24N4O2S/c1-12-11-13(2)24-19(21-12)17(14(3)22-24)20(26)23-8-6-15(7-9-23)18(25)16-5-4-10-27-16/h4-5,10-11,15,18,25H,6-9H2,1-3H3. The van der Waals surface area contributed by atoms with Crippen molar-refractivity contribution >= 4 is 22.9 Å². The van der Waals surface area contributed by atoms with E-state index in [1.165, 1.54) is 0 Å². The first-order valence-electron chi connectivity index (χ1n) is 9.30. The Kier molecular flexibility index (Phi) is 4.74. The van der Waals surface area contributed by atoms with Crippen molar-refractivity contribution in [2.75, 3.05) is 13.1 Å². The molecule has 1 amide bonds. The Morgan fingerprint density at radius 2 is 2.04 bits per heavy atom. The molecule has 0 radical (unpaired) electrons. The second kappa shape index (κ2) is 7.05. The SMILES string of the molecule is Cc1cc(C)n2nc(C)c(C(=O)N3CCC(C(O)c4cccs4)CC3)c2n1. The maximum absolute atomic E-state index is 13.2. The molecule has 1 atom stereocenters. The summed E-state index contributed by atoms with van der Waals surface area (Å²) in [6.45, 7) is 7.06. The van der Waals surface area contributed by atoms with E-state index in [-0.39, 0.29) is 11.8 Å². The molecule has 6 nitrogen and oxygen atoms in total. The van der Waals surface area contributed by atoms with E-state index in [0.717, 1.165) is 29.1 Å². The number of rotatable bonds is 3. The van der Waals surface area contributed by atoms with E-state index in [2.05, 4.69) is 10.1 Å². The summed E-state index contributed by atoms with van der Waals surface area (Å²) in [5.74, 6) is 0.185. The van der Waals surface area contributed by atoms with Crippen LogP contribution in [-0.4, -0.2) is 43.6 Å². The van der Waals surface area contributed by atoms with Crippen LogP contribution in [0.5, 0.6) is 0 Å². The van der Waals surface area contributed by atoms with Crippen molar-refractivity contribution in [3.63, 3.8) is 0 Å². The molecule has 0 aliphatic carbocycles. The highest BCUT2D eigenvalue weighted by Crippen LogP contribution is 2.33. The van der Waals surface area contributed by atoms with Gasteiger partial charge in [-0.05, 0) is 57.0 Å². The van der Waals surface area contributed by atoms with Crippen LogP contribution in [0.2, 0.25) is 0 Å². The Hall–Kier alpha value is -2.25. The zero-order valence-electron chi connectivity index (χ0n) is 15.8. The molecule has 1 aliphatic rings. The summed E-state index contributed by atoms with van der Waals surface area (Å²) < 4.78 is 1.75. The summed E-state index contributed by atoms with van der Waals surface area (Å²) in [5.41, 5.74) is 3.79. The van der Waals surface area contributed by atoms with E-state index in [1.807, 2.05) is 49.3 Å². The summed E-state index contributed by atoms with van der Waals surface area (Å²) >= 11 is 1.59. The van der Waals surface area contributed by atoms with Gasteiger partial charge in [0.05, 0.1) is 11.8 Å². The second-order valence-electron chi connectivity index (χ2n) is 7.32. The summed E-state index contributed by atoms with van der Waals surface area (Å²) in [4.78, 5) is 20.6. The predicted molar refractivity (Wildman–Crippen MR) is 105 cm³/mol. The minimum atomic E-state index is -0.437. The smallest absolute Gasteiger partial charge is 0.259 e. The van der Waals surface area contributed by atoms with E-state index in [4.69, 9.17) is 0 Å². The van der Waals surface area contributed by atoms with Gasteiger partial charge in [0, 0.05) is 29.4 Å². The summed E-state index contributed by atoms with van der Waals surface area (Å²) in [7, 11) is 0. The molecule has 0 aromatic carbocycles. The fourth-order valence-corrected chi connectivity index (χ4v) is 4.75. The minimum absolute atomic E-state index is 0.0101. The Morgan fingerprint density at radius 1 is 1.30 bits per heavy atom. The molecule has 4 rings (SSSR count). The second-order valence-corrected chi connectivity index (χ2v) is 8.30. The molecular formula is C20H24N4O2S. The van der Waals surface area contributed by atoms with E-state index in [1.54, 1.807) is 15.9 Å². The molecular weight excluding hydrogens is 360 g/mol. The van der Waals surface area contributed by atoms with Crippen molar-refractivity contribution in [3.05, 3.63) is 51.1 Å². The zero-order valence-corrected chi connectivity index (χ0v) is 16.7. The van der Waals surface area contributed by atoms with Crippen LogP contribution in [0.3, 0.4) is 0 Å². The summed E-state index contributed by atoms with van der Waals surface area (Å²) in [5, 5.41) is 17.1. The minimum Gasteiger partial charge on any atom is -0.387 e. The topological polar surface area (TPSA) is 70.7 Å². The Labute approximate surface area is 162 Å². The number of likely N-dealkylation sites (tertiary alicyclic amines) is 1. The van der Waals surface area contributed by atoms with Gasteiger partial charge in [-0.25, -0.2) is 9.50 Å². The van der Waals surface area contributed by atoms with Crippen LogP contribution in [0.25, 0.3) is 5.65 Å². The number of aryl methyl sites for hydroxylation is 3. The van der Waals surface area contributed by atoms with Gasteiger partial charge in [0.1, 0.15) is 5.56 Å². The molecule has 27 heavy (non-hydrogen) atoms. The van der Waals surface area contributed by atoms with Gasteiger partial charge in [-0.3, -0.25) is 4.79 Å². The highest BCUT2D eigenvalue weighted by molar-refractivity contribution is 7.10. The van der Waals surface area contributed by atoms with Crippen LogP contribution >= 0.6 is 11.3 Å². The van der Waals surface area contributed by atoms with Gasteiger partial charge in [-0.15, -0.1) is 11.3 Å². The van der Waals surface area contributed by atoms with Gasteiger partial charge in [-0.1, -0.05) is 6.07 Å². The number of fused-ring (bicyclic) bond motifs is 1. The van der Waals surface area contributed by atoms with Crippen LogP contribution < -0.4 is 0 Å². The highest BCUT2D eigenvalue weighted by atomic mass is 32.1. The zero-order chi connectivity index (χ0) is 19.1. The van der Waals surface area contributed by atoms with Crippen LogP contribution in [0, 0.1) is 26.7 Å². The van der Waals surface area contributed by atoms with Gasteiger partial charge in [-0.2, -0.15) is 5.10 Å². The predicted octanol–water partition coefficient (Wildman–Crippen LogP) is 3.30. The molecule has 0 bridgehead atoms. The maximum Gasteiger partial charge on any atom is 0.259 e. The van der Waals surface area contributed by atoms with E-state index < -0.39 is 6.10 Å². The van der Waals surface area contributed by atoms with Crippen LogP contribution in [0.1, 0.15) is 51.3 Å². The fraction of sp³-hybridized carbons (Fsp3) is 0.450. The van der Waals surface area contributed by atoms with Crippen molar-refractivity contribution in [2.24, 2.45) is 5.92 Å². The molecule has 4 heterocycles. The van der Waals surface area contributed by atoms with Crippen LogP contribution in [0.4, 0.5) is 0 Å². The normalized spacial score (nSPS) is 16.8. The molecule has 3 aromatic heterocycles. The first-order valence-corrected chi connectivity index (χ1v) is 10.2. The molecule has 1 saturated heterocycles. The fourth-order valence-electron chi connectivity index (χ4n) is 3.95. The van der Waals surface area contributed by atoms with Gasteiger partial charge < -0.3 is 10.0 Å². The average Bonchev–Trinajstić information content (AvgIpc) is 3.29. The lowest BCUT2D eigenvalue weighted by Crippen LogP contribution is -2.40. The Morgan fingerprint density at radius 3 is 2.70 bits per heavy atom. The van der Waals surface area contributed by atoms with E-state index in [9.17, 15) is 9.90 Å². The molecule has 1 unspecified atom stereocenters. The number of thiophene rings is 1. The lowest BCUT2D eigenvalue weighted by Gasteiger charge is -2.34. The molecule has 3 aromatic rings. The highest BCUT2D eigenvalue weighted by Gasteiger charge is 2.31. The number of nitrogens with zero attached hydrogens (tertiary/aromatic N) is 4. The van der Waals surface area contributed by atoms with E-state index >= 15 is 0 Å². The number of aliphatic hydroxyl groups excluding tert-OH is 1. The number of carbonyl (C=O) groups excluding carboxylic acids is 1. The third-order valence-electron chi connectivity index (χ3n) is 5.39. The molecule has 1 aliphatic heterocycles. The number of piperidine rings is 1. The molecule has 0 spiro atoms. The van der Waals surface area contributed by atoms with Crippen molar-refractivity contribution in [1.82, 2.24) is 19.5 Å². The largest absolute Gasteiger partial charge is 0.387 e. The van der Waals surface area contributed by atoms with Gasteiger partial charge >= 0.3 is 0 Å². The summed E-state index contributed by atoms with van der Waals surface area (Å²) in [6, 6.07) is 5.91. The maximum atomic E-state index is 13.2. The molecule has 142 valence electrons. The first kappa shape index (κ1) is 18.1. The molecule has 7 heteroatoms. The third-order valence-corrected chi connectivity index (χ3v) is 6.34. The number of aromatic nitrogens is 3. The van der Waals surface area contributed by atoms with Crippen molar-refractivity contribution in [2.45, 2.75) is 39.7 Å². The number of amides is 1. The average molecular weight is 385 g/mol. The quantitative estimate of drug-likeness (QED) is 0.752. The van der Waals surface area contributed by atoms with Crippen molar-refractivity contribution in [3.8, 4) is 0 Å². The number of hydrogen-bond donors (Lipinski definition) is 1. The van der Waals surface area contributed by atoms with Gasteiger partial charge in [0.2, 0.25) is 0 Å². The van der Waals surface area contributed by atoms with Crippen molar-refractivity contribution < 1.29 is 9.90 Å². The first-order chi connectivity index (χ1) is 13.0. The molecule has 0 saturated carbocycles. The molecule has 1 fully saturated rings. The lowest BCUT2D eigenvalue weighted by atomic mass is 9.90. The third kappa shape index (κ3) is 3.26.